The van der Waals surface area contributed by atoms with Crippen molar-refractivity contribution in [3.05, 3.63) is 24.9 Å². The molecule has 1 fully saturated rings. The van der Waals surface area contributed by atoms with Gasteiger partial charge in [0.05, 0.1) is 5.92 Å². The number of nitrogens with zero attached hydrogens (tertiary/aromatic N) is 1. The normalized spacial score (nSPS) is 16.7. The van der Waals surface area contributed by atoms with Gasteiger partial charge in [-0.05, 0) is 32.4 Å². The van der Waals surface area contributed by atoms with Crippen LogP contribution >= 0.6 is 0 Å². The van der Waals surface area contributed by atoms with Crippen LogP contribution in [0.3, 0.4) is 0 Å². The third-order valence-electron chi connectivity index (χ3n) is 6.75. The second-order valence-electron chi connectivity index (χ2n) is 9.61. The molecule has 0 aliphatic carbocycles. The lowest BCUT2D eigenvalue weighted by Gasteiger charge is -2.29. The van der Waals surface area contributed by atoms with E-state index in [1.807, 2.05) is 6.20 Å². The molecule has 32 heavy (non-hydrogen) atoms. The van der Waals surface area contributed by atoms with E-state index in [-0.39, 0.29) is 17.5 Å². The Hall–Kier alpha value is -1.58. The van der Waals surface area contributed by atoms with Gasteiger partial charge in [-0.1, -0.05) is 110 Å². The van der Waals surface area contributed by atoms with Gasteiger partial charge in [0.25, 0.3) is 0 Å². The van der Waals surface area contributed by atoms with Crippen molar-refractivity contribution in [2.75, 3.05) is 6.54 Å². The molecule has 2 unspecified atom stereocenters. The monoisotopic (exact) mass is 447 g/mol. The third-order valence-corrected chi connectivity index (χ3v) is 6.75. The summed E-state index contributed by atoms with van der Waals surface area (Å²) in [5.41, 5.74) is 0.264. The molecular weight excluding hydrogens is 398 g/mol. The van der Waals surface area contributed by atoms with Crippen molar-refractivity contribution in [3.8, 4) is 0 Å². The highest BCUT2D eigenvalue weighted by molar-refractivity contribution is 5.96. The second kappa shape index (κ2) is 17.9. The van der Waals surface area contributed by atoms with Gasteiger partial charge in [0.2, 0.25) is 0 Å². The van der Waals surface area contributed by atoms with Crippen LogP contribution in [0, 0.1) is 5.92 Å². The first-order valence-corrected chi connectivity index (χ1v) is 13.3. The number of rotatable bonds is 19. The molecule has 0 aromatic carbocycles. The quantitative estimate of drug-likeness (QED) is 0.0879. The molecule has 1 heterocycles. The Labute approximate surface area is 197 Å². The van der Waals surface area contributed by atoms with Crippen LogP contribution in [-0.4, -0.2) is 29.4 Å². The molecule has 1 aliphatic rings. The first kappa shape index (κ1) is 28.5. The SMILES string of the molecule is C=CN1CCCC1C(CCCCCCCCCCCCCCCC)C(=O)OC(=O)C(=C)C. The van der Waals surface area contributed by atoms with Crippen LogP contribution in [0.5, 0.6) is 0 Å². The Morgan fingerprint density at radius 2 is 1.44 bits per heavy atom. The summed E-state index contributed by atoms with van der Waals surface area (Å²) < 4.78 is 5.11. The standard InChI is InChI=1S/C28H49NO3/c1-5-7-8-9-10-11-12-13-14-15-16-17-18-19-21-25(26-22-20-23-29(26)6-2)28(31)32-27(30)24(3)4/h6,25-26H,2-3,5,7-23H2,1,4H3. The van der Waals surface area contributed by atoms with Crippen molar-refractivity contribution in [3.63, 3.8) is 0 Å². The van der Waals surface area contributed by atoms with E-state index in [1.165, 1.54) is 77.0 Å². The van der Waals surface area contributed by atoms with E-state index in [0.717, 1.165) is 38.6 Å². The molecule has 1 aliphatic heterocycles. The Kier molecular flexibility index (Phi) is 15.9. The van der Waals surface area contributed by atoms with E-state index in [0.29, 0.717) is 0 Å². The molecule has 1 rings (SSSR count). The van der Waals surface area contributed by atoms with E-state index in [4.69, 9.17) is 4.74 Å². The predicted octanol–water partition coefficient (Wildman–Crippen LogP) is 7.73. The van der Waals surface area contributed by atoms with Crippen LogP contribution in [-0.2, 0) is 14.3 Å². The van der Waals surface area contributed by atoms with Crippen LogP contribution in [0.15, 0.2) is 24.9 Å². The number of unbranched alkanes of at least 4 members (excludes halogenated alkanes) is 13. The number of hydrogen-bond acceptors (Lipinski definition) is 4. The van der Waals surface area contributed by atoms with Crippen molar-refractivity contribution < 1.29 is 14.3 Å². The van der Waals surface area contributed by atoms with Crippen LogP contribution in [0.25, 0.3) is 0 Å². The molecule has 0 radical (unpaired) electrons. The van der Waals surface area contributed by atoms with Crippen LogP contribution < -0.4 is 0 Å². The molecule has 0 bridgehead atoms. The van der Waals surface area contributed by atoms with E-state index < -0.39 is 11.9 Å². The molecule has 184 valence electrons. The molecule has 2 atom stereocenters. The van der Waals surface area contributed by atoms with E-state index >= 15 is 0 Å². The zero-order valence-electron chi connectivity index (χ0n) is 21.0. The third kappa shape index (κ3) is 11.9. The number of carbonyl (C=O) groups is 2. The summed E-state index contributed by atoms with van der Waals surface area (Å²) in [7, 11) is 0. The average Bonchev–Trinajstić information content (AvgIpc) is 3.24. The summed E-state index contributed by atoms with van der Waals surface area (Å²) in [5, 5.41) is 0. The molecule has 0 N–H and O–H groups in total. The predicted molar refractivity (Wildman–Crippen MR) is 134 cm³/mol. The minimum Gasteiger partial charge on any atom is -0.389 e. The minimum absolute atomic E-state index is 0.0971. The molecule has 0 spiro atoms. The first-order valence-electron chi connectivity index (χ1n) is 13.3. The number of likely N-dealkylation sites (tertiary alicyclic amines) is 1. The van der Waals surface area contributed by atoms with E-state index in [1.54, 1.807) is 6.92 Å². The molecule has 4 heteroatoms. The van der Waals surface area contributed by atoms with Gasteiger partial charge in [-0.15, -0.1) is 0 Å². The lowest BCUT2D eigenvalue weighted by molar-refractivity contribution is -0.161. The molecule has 0 aromatic rings. The van der Waals surface area contributed by atoms with Gasteiger partial charge < -0.3 is 9.64 Å². The van der Waals surface area contributed by atoms with Crippen molar-refractivity contribution >= 4 is 11.9 Å². The number of carbonyl (C=O) groups excluding carboxylic acids is 2. The number of ether oxygens (including phenoxy) is 1. The molecule has 0 amide bonds. The average molecular weight is 448 g/mol. The Balaban J connectivity index is 2.21. The Morgan fingerprint density at radius 3 is 1.91 bits per heavy atom. The van der Waals surface area contributed by atoms with Crippen molar-refractivity contribution in [1.82, 2.24) is 4.90 Å². The highest BCUT2D eigenvalue weighted by Gasteiger charge is 2.36. The Bertz CT molecular complexity index is 557. The lowest BCUT2D eigenvalue weighted by Crippen LogP contribution is -2.38. The summed E-state index contributed by atoms with van der Waals surface area (Å²) in [6, 6.07) is 0.0971. The number of esters is 2. The van der Waals surface area contributed by atoms with E-state index in [2.05, 4.69) is 25.0 Å². The maximum atomic E-state index is 12.7. The van der Waals surface area contributed by atoms with Crippen molar-refractivity contribution in [1.29, 1.82) is 0 Å². The van der Waals surface area contributed by atoms with Gasteiger partial charge in [0, 0.05) is 18.2 Å². The summed E-state index contributed by atoms with van der Waals surface area (Å²) in [4.78, 5) is 26.7. The molecular formula is C28H49NO3. The second-order valence-corrected chi connectivity index (χ2v) is 9.61. The lowest BCUT2D eigenvalue weighted by atomic mass is 9.91. The van der Waals surface area contributed by atoms with Crippen molar-refractivity contribution in [2.24, 2.45) is 5.92 Å². The summed E-state index contributed by atoms with van der Waals surface area (Å²) >= 11 is 0. The topological polar surface area (TPSA) is 46.6 Å². The van der Waals surface area contributed by atoms with Crippen LogP contribution in [0.4, 0.5) is 0 Å². The largest absolute Gasteiger partial charge is 0.389 e. The van der Waals surface area contributed by atoms with Crippen LogP contribution in [0.1, 0.15) is 123 Å². The van der Waals surface area contributed by atoms with Gasteiger partial charge in [0.15, 0.2) is 0 Å². The van der Waals surface area contributed by atoms with E-state index in [9.17, 15) is 9.59 Å². The number of hydrogen-bond donors (Lipinski definition) is 0. The Morgan fingerprint density at radius 1 is 0.938 bits per heavy atom. The fourth-order valence-electron chi connectivity index (χ4n) is 4.75. The fourth-order valence-corrected chi connectivity index (χ4v) is 4.75. The highest BCUT2D eigenvalue weighted by atomic mass is 16.6. The molecule has 0 saturated carbocycles. The maximum absolute atomic E-state index is 12.7. The summed E-state index contributed by atoms with van der Waals surface area (Å²) in [6.07, 6.45) is 23.0. The molecule has 0 aromatic heterocycles. The summed E-state index contributed by atoms with van der Waals surface area (Å²) in [5.74, 6) is -1.27. The van der Waals surface area contributed by atoms with Gasteiger partial charge in [-0.25, -0.2) is 4.79 Å². The van der Waals surface area contributed by atoms with Gasteiger partial charge in [-0.3, -0.25) is 4.79 Å². The zero-order valence-corrected chi connectivity index (χ0v) is 21.0. The maximum Gasteiger partial charge on any atom is 0.340 e. The van der Waals surface area contributed by atoms with Gasteiger partial charge in [-0.2, -0.15) is 0 Å². The zero-order chi connectivity index (χ0) is 23.6. The highest BCUT2D eigenvalue weighted by Crippen LogP contribution is 2.29. The summed E-state index contributed by atoms with van der Waals surface area (Å²) in [6.45, 7) is 12.2. The van der Waals surface area contributed by atoms with Gasteiger partial charge >= 0.3 is 11.9 Å². The van der Waals surface area contributed by atoms with Crippen molar-refractivity contribution in [2.45, 2.75) is 129 Å². The van der Waals surface area contributed by atoms with Crippen LogP contribution in [0.2, 0.25) is 0 Å². The molecule has 4 nitrogen and oxygen atoms in total. The first-order chi connectivity index (χ1) is 15.5. The van der Waals surface area contributed by atoms with Gasteiger partial charge in [0.1, 0.15) is 0 Å². The smallest absolute Gasteiger partial charge is 0.340 e. The fraction of sp³-hybridized carbons (Fsp3) is 0.786. The molecule has 1 saturated heterocycles. The minimum atomic E-state index is -0.607.